The molecule has 0 aliphatic heterocycles. The third kappa shape index (κ3) is 17.4. The molecule has 0 bridgehead atoms. The molecule has 0 aromatic carbocycles. The molecule has 0 heterocycles. The molecule has 0 unspecified atom stereocenters. The van der Waals surface area contributed by atoms with Gasteiger partial charge in [-0.05, 0) is 69.5 Å². The highest BCUT2D eigenvalue weighted by molar-refractivity contribution is 4.80. The molecule has 0 radical (unpaired) electrons. The summed E-state index contributed by atoms with van der Waals surface area (Å²) in [4.78, 5) is 0. The van der Waals surface area contributed by atoms with Gasteiger partial charge in [-0.3, -0.25) is 0 Å². The van der Waals surface area contributed by atoms with Gasteiger partial charge in [-0.15, -0.1) is 0 Å². The van der Waals surface area contributed by atoms with E-state index in [4.69, 9.17) is 0 Å². The first-order chi connectivity index (χ1) is 14.3. The van der Waals surface area contributed by atoms with Gasteiger partial charge in [-0.2, -0.15) is 0 Å². The van der Waals surface area contributed by atoms with Crippen molar-refractivity contribution in [1.29, 1.82) is 0 Å². The Hall–Kier alpha value is 0. The van der Waals surface area contributed by atoms with Gasteiger partial charge in [0.05, 0.1) is 0 Å². The normalized spacial score (nSPS) is 13.2. The summed E-state index contributed by atoms with van der Waals surface area (Å²) in [5.41, 5.74) is 1.38. The summed E-state index contributed by atoms with van der Waals surface area (Å²) < 4.78 is 0. The summed E-state index contributed by atoms with van der Waals surface area (Å²) in [6.45, 7) is 49.1. The van der Waals surface area contributed by atoms with Gasteiger partial charge >= 0.3 is 0 Å². The van der Waals surface area contributed by atoms with E-state index >= 15 is 0 Å². The third-order valence-corrected chi connectivity index (χ3v) is 7.31. The second-order valence-electron chi connectivity index (χ2n) is 16.1. The molecule has 0 rings (SSSR count). The monoisotopic (exact) mass is 485 g/mol. The minimum atomic E-state index is 0. The van der Waals surface area contributed by atoms with Gasteiger partial charge in [-0.1, -0.05) is 153 Å². The lowest BCUT2D eigenvalue weighted by Crippen LogP contribution is -2.29. The van der Waals surface area contributed by atoms with Crippen LogP contribution in [0.5, 0.6) is 0 Å². The Morgan fingerprint density at radius 2 is 0.353 bits per heavy atom. The van der Waals surface area contributed by atoms with Gasteiger partial charge in [0.1, 0.15) is 0 Å². The van der Waals surface area contributed by atoms with E-state index < -0.39 is 0 Å². The fourth-order valence-corrected chi connectivity index (χ4v) is 8.31. The molecule has 0 saturated carbocycles. The first-order valence-corrected chi connectivity index (χ1v) is 14.3. The lowest BCUT2D eigenvalue weighted by atomic mass is 9.69. The van der Waals surface area contributed by atoms with Gasteiger partial charge in [0.15, 0.2) is 0 Å². The van der Waals surface area contributed by atoms with Crippen molar-refractivity contribution >= 4 is 0 Å². The van der Waals surface area contributed by atoms with Crippen LogP contribution in [0.4, 0.5) is 0 Å². The maximum absolute atomic E-state index is 2.34. The van der Waals surface area contributed by atoms with Crippen molar-refractivity contribution in [2.75, 3.05) is 0 Å². The Morgan fingerprint density at radius 1 is 0.265 bits per heavy atom. The SMILES string of the molecule is C.CC(C)C(C(C)C)C(C)(C)C.CC(C)C(C(C)C)C(C)(C)C.CC(C)C(C(C)C)C(C)(C)C. The smallest absolute Gasteiger partial charge is 0.0319 e. The van der Waals surface area contributed by atoms with Crippen molar-refractivity contribution < 1.29 is 0 Å². The Labute approximate surface area is 222 Å². The van der Waals surface area contributed by atoms with Crippen LogP contribution in [-0.2, 0) is 0 Å². The Kier molecular flexibility index (Phi) is 20.2. The maximum Gasteiger partial charge on any atom is -0.0319 e. The highest BCUT2D eigenvalue weighted by Gasteiger charge is 2.31. The average Bonchev–Trinajstić information content (AvgIpc) is 2.39. The zero-order valence-corrected chi connectivity index (χ0v) is 27.7. The summed E-state index contributed by atoms with van der Waals surface area (Å²) in [7, 11) is 0. The zero-order chi connectivity index (χ0) is 27.7. The molecule has 0 aliphatic carbocycles. The average molecular weight is 485 g/mol. The van der Waals surface area contributed by atoms with Crippen LogP contribution in [0.25, 0.3) is 0 Å². The highest BCUT2D eigenvalue weighted by Crippen LogP contribution is 2.39. The largest absolute Gasteiger partial charge is 0.0776 e. The van der Waals surface area contributed by atoms with Gasteiger partial charge in [0.25, 0.3) is 0 Å². The van der Waals surface area contributed by atoms with Crippen molar-refractivity contribution in [3.63, 3.8) is 0 Å². The predicted octanol–water partition coefficient (Wildman–Crippen LogP) is 12.5. The molecule has 0 saturated heterocycles. The van der Waals surface area contributed by atoms with Crippen LogP contribution in [-0.4, -0.2) is 0 Å². The zero-order valence-electron chi connectivity index (χ0n) is 27.7. The van der Waals surface area contributed by atoms with E-state index in [1.807, 2.05) is 0 Å². The Bertz CT molecular complexity index is 358. The molecule has 0 aromatic heterocycles. The van der Waals surface area contributed by atoms with E-state index in [0.29, 0.717) is 16.2 Å². The molecule has 0 nitrogen and oxygen atoms in total. The van der Waals surface area contributed by atoms with Crippen molar-refractivity contribution in [3.8, 4) is 0 Å². The van der Waals surface area contributed by atoms with Crippen LogP contribution in [0.3, 0.4) is 0 Å². The molecule has 0 N–H and O–H groups in total. The molecule has 0 atom stereocenters. The molecule has 0 aromatic rings. The van der Waals surface area contributed by atoms with Crippen LogP contribution < -0.4 is 0 Å². The second kappa shape index (κ2) is 16.7. The van der Waals surface area contributed by atoms with E-state index in [0.717, 1.165) is 53.3 Å². The van der Waals surface area contributed by atoms with Crippen LogP contribution >= 0.6 is 0 Å². The van der Waals surface area contributed by atoms with Crippen molar-refractivity contribution in [2.45, 2.75) is 153 Å². The predicted molar refractivity (Wildman–Crippen MR) is 165 cm³/mol. The van der Waals surface area contributed by atoms with Gasteiger partial charge in [0, 0.05) is 0 Å². The quantitative estimate of drug-likeness (QED) is 0.351. The van der Waals surface area contributed by atoms with Crippen molar-refractivity contribution in [3.05, 3.63) is 0 Å². The molecule has 0 spiro atoms. The number of rotatable bonds is 6. The minimum Gasteiger partial charge on any atom is -0.0776 e. The van der Waals surface area contributed by atoms with E-state index in [2.05, 4.69) is 145 Å². The van der Waals surface area contributed by atoms with E-state index in [1.165, 1.54) is 0 Å². The van der Waals surface area contributed by atoms with Gasteiger partial charge in [-0.25, -0.2) is 0 Å². The number of hydrogen-bond donors (Lipinski definition) is 0. The van der Waals surface area contributed by atoms with Crippen LogP contribution in [0.1, 0.15) is 153 Å². The standard InChI is InChI=1S/3C11H24.CH4/c3*1-8(2)10(9(3)4)11(5,6)7;/h3*8-10H,1-7H3;1H4. The summed E-state index contributed by atoms with van der Waals surface area (Å²) >= 11 is 0. The molecular formula is C34H76. The van der Waals surface area contributed by atoms with Crippen LogP contribution in [0.15, 0.2) is 0 Å². The lowest BCUT2D eigenvalue weighted by Gasteiger charge is -2.37. The van der Waals surface area contributed by atoms with Gasteiger partial charge < -0.3 is 0 Å². The van der Waals surface area contributed by atoms with Crippen molar-refractivity contribution in [2.24, 2.45) is 69.5 Å². The molecular weight excluding hydrogens is 408 g/mol. The van der Waals surface area contributed by atoms with Crippen molar-refractivity contribution in [1.82, 2.24) is 0 Å². The van der Waals surface area contributed by atoms with Crippen LogP contribution in [0, 0.1) is 69.5 Å². The highest BCUT2D eigenvalue weighted by atomic mass is 14.4. The van der Waals surface area contributed by atoms with E-state index in [9.17, 15) is 0 Å². The molecule has 0 aliphatic rings. The summed E-state index contributed by atoms with van der Waals surface area (Å²) in [6.07, 6.45) is 0. The molecule has 0 heteroatoms. The summed E-state index contributed by atoms with van der Waals surface area (Å²) in [5.74, 6) is 7.31. The molecule has 0 fully saturated rings. The molecule has 212 valence electrons. The van der Waals surface area contributed by atoms with E-state index in [1.54, 1.807) is 0 Å². The minimum absolute atomic E-state index is 0. The topological polar surface area (TPSA) is 0 Å². The van der Waals surface area contributed by atoms with E-state index in [-0.39, 0.29) is 7.43 Å². The third-order valence-electron chi connectivity index (χ3n) is 7.31. The fourth-order valence-electron chi connectivity index (χ4n) is 8.31. The van der Waals surface area contributed by atoms with Crippen LogP contribution in [0.2, 0.25) is 0 Å². The number of hydrogen-bond acceptors (Lipinski definition) is 0. The first-order valence-electron chi connectivity index (χ1n) is 14.3. The van der Waals surface area contributed by atoms with Gasteiger partial charge in [0.2, 0.25) is 0 Å². The first kappa shape index (κ1) is 41.1. The summed E-state index contributed by atoms with van der Waals surface area (Å²) in [5, 5.41) is 0. The molecule has 34 heavy (non-hydrogen) atoms. The molecule has 0 amide bonds. The summed E-state index contributed by atoms with van der Waals surface area (Å²) in [6, 6.07) is 0. The second-order valence-corrected chi connectivity index (χ2v) is 16.1. The lowest BCUT2D eigenvalue weighted by molar-refractivity contribution is 0.123. The maximum atomic E-state index is 2.34. The Morgan fingerprint density at radius 3 is 0.353 bits per heavy atom. The Balaban J connectivity index is -0.000000196. The fraction of sp³-hybridized carbons (Fsp3) is 1.00.